The molecule has 3 rings (SSSR count). The third kappa shape index (κ3) is 1.34. The van der Waals surface area contributed by atoms with Crippen LogP contribution in [0.15, 0.2) is 30.6 Å². The molecule has 0 amide bonds. The van der Waals surface area contributed by atoms with Gasteiger partial charge in [-0.25, -0.2) is 4.98 Å². The van der Waals surface area contributed by atoms with Gasteiger partial charge in [0.05, 0.1) is 10.9 Å². The summed E-state index contributed by atoms with van der Waals surface area (Å²) in [6.07, 6.45) is 3.61. The first kappa shape index (κ1) is 9.54. The maximum atomic E-state index is 4.60. The molecule has 0 aliphatic carbocycles. The first-order valence-corrected chi connectivity index (χ1v) is 5.93. The molecule has 16 heavy (non-hydrogen) atoms. The third-order valence-electron chi connectivity index (χ3n) is 2.64. The van der Waals surface area contributed by atoms with E-state index in [9.17, 15) is 0 Å². The molecule has 80 valence electrons. The van der Waals surface area contributed by atoms with E-state index in [1.165, 1.54) is 16.1 Å². The lowest BCUT2D eigenvalue weighted by Crippen LogP contribution is -1.97. The van der Waals surface area contributed by atoms with Crippen LogP contribution in [0.25, 0.3) is 15.3 Å². The summed E-state index contributed by atoms with van der Waals surface area (Å²) in [7, 11) is 0. The molecule has 0 fully saturated rings. The van der Waals surface area contributed by atoms with Crippen molar-refractivity contribution in [2.45, 2.75) is 13.8 Å². The summed E-state index contributed by atoms with van der Waals surface area (Å²) in [5.74, 6) is 0. The van der Waals surface area contributed by atoms with Gasteiger partial charge < -0.3 is 0 Å². The molecule has 0 N–H and O–H groups in total. The van der Waals surface area contributed by atoms with E-state index in [1.807, 2.05) is 12.3 Å². The van der Waals surface area contributed by atoms with E-state index in [0.29, 0.717) is 0 Å². The van der Waals surface area contributed by atoms with Crippen LogP contribution in [0.4, 0.5) is 0 Å². The van der Waals surface area contributed by atoms with Crippen molar-refractivity contribution in [1.82, 2.24) is 14.5 Å². The second-order valence-corrected chi connectivity index (χ2v) is 4.80. The van der Waals surface area contributed by atoms with Crippen molar-refractivity contribution in [1.29, 1.82) is 0 Å². The number of fused-ring (bicyclic) bond motifs is 1. The van der Waals surface area contributed by atoms with Gasteiger partial charge in [-0.2, -0.15) is 0 Å². The number of pyridine rings is 1. The Morgan fingerprint density at radius 2 is 1.88 bits per heavy atom. The highest BCUT2D eigenvalue weighted by molar-refractivity contribution is 7.20. The van der Waals surface area contributed by atoms with Gasteiger partial charge in [0.1, 0.15) is 5.52 Å². The Bertz CT molecular complexity index is 599. The largest absolute Gasteiger partial charge is 0.295 e. The summed E-state index contributed by atoms with van der Waals surface area (Å²) in [5.41, 5.74) is 3.39. The number of hydrogen-bond donors (Lipinski definition) is 0. The van der Waals surface area contributed by atoms with Crippen LogP contribution in [-0.2, 0) is 0 Å². The topological polar surface area (TPSA) is 30.7 Å². The number of aryl methyl sites for hydroxylation is 2. The number of hydrogen-bond acceptors (Lipinski definition) is 3. The van der Waals surface area contributed by atoms with Gasteiger partial charge in [-0.1, -0.05) is 11.3 Å². The average Bonchev–Trinajstić information content (AvgIpc) is 2.82. The fraction of sp³-hybridized carbons (Fsp3) is 0.167. The molecule has 0 spiro atoms. The molecule has 0 aliphatic heterocycles. The lowest BCUT2D eigenvalue weighted by Gasteiger charge is -2.03. The second kappa shape index (κ2) is 3.42. The van der Waals surface area contributed by atoms with Gasteiger partial charge in [-0.3, -0.25) is 9.55 Å². The summed E-state index contributed by atoms with van der Waals surface area (Å²) >= 11 is 1.70. The quantitative estimate of drug-likeness (QED) is 0.642. The predicted molar refractivity (Wildman–Crippen MR) is 66.2 cm³/mol. The van der Waals surface area contributed by atoms with E-state index < -0.39 is 0 Å². The zero-order valence-corrected chi connectivity index (χ0v) is 9.95. The number of nitrogens with zero attached hydrogens (tertiary/aromatic N) is 3. The van der Waals surface area contributed by atoms with Gasteiger partial charge in [-0.05, 0) is 32.0 Å². The molecule has 3 aromatic heterocycles. The molecular weight excluding hydrogens is 218 g/mol. The number of thiazole rings is 1. The Kier molecular flexibility index (Phi) is 2.04. The van der Waals surface area contributed by atoms with Crippen molar-refractivity contribution >= 4 is 21.6 Å². The van der Waals surface area contributed by atoms with Crippen LogP contribution >= 0.6 is 11.3 Å². The summed E-state index contributed by atoms with van der Waals surface area (Å²) < 4.78 is 3.35. The van der Waals surface area contributed by atoms with Crippen molar-refractivity contribution in [2.75, 3.05) is 0 Å². The fourth-order valence-electron chi connectivity index (χ4n) is 1.83. The molecule has 0 aliphatic rings. The smallest absolute Gasteiger partial charge is 0.195 e. The Hall–Kier alpha value is -1.68. The molecule has 3 heterocycles. The van der Waals surface area contributed by atoms with Crippen LogP contribution in [0.5, 0.6) is 0 Å². The summed E-state index contributed by atoms with van der Waals surface area (Å²) in [4.78, 5) is 8.68. The van der Waals surface area contributed by atoms with Crippen LogP contribution < -0.4 is 0 Å². The van der Waals surface area contributed by atoms with E-state index in [4.69, 9.17) is 0 Å². The summed E-state index contributed by atoms with van der Waals surface area (Å²) in [6.45, 7) is 4.19. The lowest BCUT2D eigenvalue weighted by molar-refractivity contribution is 0.955. The first-order chi connectivity index (χ1) is 7.75. The zero-order valence-electron chi connectivity index (χ0n) is 9.14. The fourth-order valence-corrected chi connectivity index (χ4v) is 2.89. The summed E-state index contributed by atoms with van der Waals surface area (Å²) in [5, 5.41) is 1.02. The molecular formula is C12H11N3S. The average molecular weight is 229 g/mol. The normalized spacial score (nSPS) is 11.1. The minimum absolute atomic E-state index is 0.968. The van der Waals surface area contributed by atoms with E-state index in [-0.39, 0.29) is 0 Å². The van der Waals surface area contributed by atoms with Gasteiger partial charge in [-0.15, -0.1) is 0 Å². The van der Waals surface area contributed by atoms with E-state index in [0.717, 1.165) is 10.6 Å². The number of aromatic nitrogens is 3. The minimum atomic E-state index is 0.968. The monoisotopic (exact) mass is 229 g/mol. The van der Waals surface area contributed by atoms with Crippen molar-refractivity contribution < 1.29 is 0 Å². The Labute approximate surface area is 97.4 Å². The first-order valence-electron chi connectivity index (χ1n) is 5.11. The van der Waals surface area contributed by atoms with Crippen molar-refractivity contribution in [2.24, 2.45) is 0 Å². The van der Waals surface area contributed by atoms with Crippen molar-refractivity contribution in [3.8, 4) is 5.13 Å². The van der Waals surface area contributed by atoms with Crippen molar-refractivity contribution in [3.63, 3.8) is 0 Å². The highest BCUT2D eigenvalue weighted by Gasteiger charge is 2.09. The second-order valence-electron chi connectivity index (χ2n) is 3.79. The Balaban J connectivity index is 2.27. The van der Waals surface area contributed by atoms with E-state index in [2.05, 4.69) is 40.5 Å². The molecule has 0 radical (unpaired) electrons. The zero-order chi connectivity index (χ0) is 11.1. The van der Waals surface area contributed by atoms with E-state index in [1.54, 1.807) is 17.5 Å². The van der Waals surface area contributed by atoms with Gasteiger partial charge in [0, 0.05) is 17.6 Å². The molecule has 0 bridgehead atoms. The van der Waals surface area contributed by atoms with E-state index >= 15 is 0 Å². The van der Waals surface area contributed by atoms with Gasteiger partial charge in [0.25, 0.3) is 0 Å². The van der Waals surface area contributed by atoms with Crippen LogP contribution in [-0.4, -0.2) is 14.5 Å². The minimum Gasteiger partial charge on any atom is -0.295 e. The Morgan fingerprint density at radius 3 is 2.56 bits per heavy atom. The van der Waals surface area contributed by atoms with Crippen LogP contribution in [0.1, 0.15) is 11.4 Å². The summed E-state index contributed by atoms with van der Waals surface area (Å²) in [6, 6.07) is 6.23. The molecule has 4 heteroatoms. The highest BCUT2D eigenvalue weighted by Crippen LogP contribution is 2.26. The molecule has 3 aromatic rings. The molecule has 0 aromatic carbocycles. The molecule has 0 unspecified atom stereocenters. The third-order valence-corrected chi connectivity index (χ3v) is 3.66. The van der Waals surface area contributed by atoms with Crippen LogP contribution in [0.3, 0.4) is 0 Å². The Morgan fingerprint density at radius 1 is 1.12 bits per heavy atom. The standard InChI is InChI=1S/C12H11N3S/c1-8-3-4-9(2)15(8)12-14-10-7-13-6-5-11(10)16-12/h3-7H,1-2H3. The SMILES string of the molecule is Cc1ccc(C)n1-c1nc2cnccc2s1. The lowest BCUT2D eigenvalue weighted by atomic mass is 10.5. The highest BCUT2D eigenvalue weighted by atomic mass is 32.1. The van der Waals surface area contributed by atoms with Crippen LogP contribution in [0.2, 0.25) is 0 Å². The van der Waals surface area contributed by atoms with Gasteiger partial charge in [0.2, 0.25) is 0 Å². The maximum absolute atomic E-state index is 4.60. The van der Waals surface area contributed by atoms with Crippen LogP contribution in [0, 0.1) is 13.8 Å². The van der Waals surface area contributed by atoms with Gasteiger partial charge in [0.15, 0.2) is 5.13 Å². The van der Waals surface area contributed by atoms with Crippen molar-refractivity contribution in [3.05, 3.63) is 42.0 Å². The molecule has 0 atom stereocenters. The maximum Gasteiger partial charge on any atom is 0.195 e. The van der Waals surface area contributed by atoms with Gasteiger partial charge >= 0.3 is 0 Å². The molecule has 0 saturated carbocycles. The molecule has 0 saturated heterocycles. The predicted octanol–water partition coefficient (Wildman–Crippen LogP) is 3.10. The number of rotatable bonds is 1. The molecule has 3 nitrogen and oxygen atoms in total.